The number of hydrogen-bond donors (Lipinski definition) is 1. The minimum absolute atomic E-state index is 0.201. The number of nitrogens with zero attached hydrogens (tertiary/aromatic N) is 1. The van der Waals surface area contributed by atoms with Crippen LogP contribution in [0.4, 0.5) is 0 Å². The summed E-state index contributed by atoms with van der Waals surface area (Å²) >= 11 is 0. The highest BCUT2D eigenvalue weighted by atomic mass is 16.5. The molecule has 4 nitrogen and oxygen atoms in total. The average Bonchev–Trinajstić information content (AvgIpc) is 3.12. The van der Waals surface area contributed by atoms with Crippen LogP contribution in [0.1, 0.15) is 49.3 Å². The van der Waals surface area contributed by atoms with Gasteiger partial charge in [0.25, 0.3) is 0 Å². The van der Waals surface area contributed by atoms with Crippen molar-refractivity contribution < 1.29 is 9.53 Å². The molecule has 2 heterocycles. The number of rotatable bonds is 7. The number of hydrogen-bond acceptors (Lipinski definition) is 3. The lowest BCUT2D eigenvalue weighted by atomic mass is 10.0. The number of ether oxygens (including phenoxy) is 1. The molecular formula is C27H28N2O2. The normalized spacial score (nSPS) is 11.2. The second-order valence-electron chi connectivity index (χ2n) is 8.29. The summed E-state index contributed by atoms with van der Waals surface area (Å²) in [5.74, 6) is 0.858. The van der Waals surface area contributed by atoms with Crippen molar-refractivity contribution in [3.63, 3.8) is 0 Å². The maximum absolute atomic E-state index is 12.4. The number of aryl methyl sites for hydroxylation is 2. The molecule has 0 fully saturated rings. The van der Waals surface area contributed by atoms with E-state index >= 15 is 0 Å². The monoisotopic (exact) mass is 412 g/mol. The summed E-state index contributed by atoms with van der Waals surface area (Å²) in [6.45, 7) is 6.39. The number of carbonyl (C=O) groups excluding carboxylic acids is 1. The Morgan fingerprint density at radius 3 is 2.58 bits per heavy atom. The van der Waals surface area contributed by atoms with Crippen molar-refractivity contribution >= 4 is 16.9 Å². The van der Waals surface area contributed by atoms with E-state index in [0.717, 1.165) is 23.3 Å². The van der Waals surface area contributed by atoms with Gasteiger partial charge in [0, 0.05) is 23.5 Å². The van der Waals surface area contributed by atoms with Gasteiger partial charge >= 0.3 is 5.97 Å². The van der Waals surface area contributed by atoms with Crippen molar-refractivity contribution in [2.75, 3.05) is 0 Å². The molecule has 0 amide bonds. The molecule has 158 valence electrons. The summed E-state index contributed by atoms with van der Waals surface area (Å²) in [4.78, 5) is 20.4. The van der Waals surface area contributed by atoms with Crippen LogP contribution in [0, 0.1) is 6.92 Å². The van der Waals surface area contributed by atoms with E-state index in [-0.39, 0.29) is 5.97 Å². The molecule has 4 heteroatoms. The average molecular weight is 413 g/mol. The second kappa shape index (κ2) is 9.17. The maximum atomic E-state index is 12.4. The van der Waals surface area contributed by atoms with Gasteiger partial charge in [-0.2, -0.15) is 0 Å². The van der Waals surface area contributed by atoms with Crippen LogP contribution in [0.25, 0.3) is 22.3 Å². The van der Waals surface area contributed by atoms with E-state index in [1.54, 1.807) is 6.20 Å². The Balaban J connectivity index is 1.47. The molecule has 2 aromatic carbocycles. The third kappa shape index (κ3) is 4.85. The summed E-state index contributed by atoms with van der Waals surface area (Å²) in [7, 11) is 0. The highest BCUT2D eigenvalue weighted by molar-refractivity contribution is 5.90. The first kappa shape index (κ1) is 20.9. The Kier molecular flexibility index (Phi) is 6.17. The molecule has 0 atom stereocenters. The van der Waals surface area contributed by atoms with E-state index < -0.39 is 0 Å². The zero-order valence-corrected chi connectivity index (χ0v) is 18.3. The van der Waals surface area contributed by atoms with Gasteiger partial charge in [0.2, 0.25) is 0 Å². The zero-order valence-electron chi connectivity index (χ0n) is 18.3. The van der Waals surface area contributed by atoms with Crippen LogP contribution in [0.15, 0.2) is 66.9 Å². The summed E-state index contributed by atoms with van der Waals surface area (Å²) in [5, 5.41) is 1.19. The topological polar surface area (TPSA) is 55.0 Å². The first-order chi connectivity index (χ1) is 15.0. The predicted molar refractivity (Wildman–Crippen MR) is 125 cm³/mol. The zero-order chi connectivity index (χ0) is 21.8. The number of pyridine rings is 1. The largest absolute Gasteiger partial charge is 0.427 e. The van der Waals surface area contributed by atoms with E-state index in [9.17, 15) is 4.79 Å². The van der Waals surface area contributed by atoms with Crippen LogP contribution in [0.2, 0.25) is 0 Å². The lowest BCUT2D eigenvalue weighted by Crippen LogP contribution is -2.08. The Labute approximate surface area is 183 Å². The number of fused-ring (bicyclic) bond motifs is 1. The molecule has 2 aromatic heterocycles. The fourth-order valence-electron chi connectivity index (χ4n) is 3.86. The Bertz CT molecular complexity index is 1180. The molecule has 4 aromatic rings. The molecule has 31 heavy (non-hydrogen) atoms. The minimum Gasteiger partial charge on any atom is -0.427 e. The first-order valence-electron chi connectivity index (χ1n) is 10.8. The van der Waals surface area contributed by atoms with Gasteiger partial charge in [0.05, 0.1) is 11.4 Å². The molecule has 0 radical (unpaired) electrons. The minimum atomic E-state index is -0.201. The smallest absolute Gasteiger partial charge is 0.311 e. The van der Waals surface area contributed by atoms with Crippen molar-refractivity contribution in [3.8, 4) is 17.1 Å². The van der Waals surface area contributed by atoms with Crippen LogP contribution >= 0.6 is 0 Å². The standard InChI is InChI=1S/C27H28N2O2/c1-18(2)20-11-13-21(14-12-20)31-26(30)9-6-7-22-23-17-19(3)10-15-24(23)29-27(22)25-8-4-5-16-28-25/h4-5,8,10-18,29H,6-7,9H2,1-3H3. The molecule has 0 aliphatic rings. The molecule has 0 unspecified atom stereocenters. The Morgan fingerprint density at radius 2 is 1.87 bits per heavy atom. The SMILES string of the molecule is Cc1ccc2[nH]c(-c3ccccn3)c(CCCC(=O)Oc3ccc(C(C)C)cc3)c2c1. The van der Waals surface area contributed by atoms with Gasteiger partial charge in [0.15, 0.2) is 0 Å². The third-order valence-electron chi connectivity index (χ3n) is 5.57. The maximum Gasteiger partial charge on any atom is 0.311 e. The molecule has 0 aliphatic heterocycles. The molecule has 0 bridgehead atoms. The van der Waals surface area contributed by atoms with E-state index in [1.165, 1.54) is 22.1 Å². The third-order valence-corrected chi connectivity index (χ3v) is 5.57. The number of carbonyl (C=O) groups is 1. The number of H-pyrrole nitrogens is 1. The van der Waals surface area contributed by atoms with Crippen LogP contribution in [0.3, 0.4) is 0 Å². The summed E-state index contributed by atoms with van der Waals surface area (Å²) in [6.07, 6.45) is 3.66. The highest BCUT2D eigenvalue weighted by Gasteiger charge is 2.15. The molecule has 0 saturated carbocycles. The van der Waals surface area contributed by atoms with Gasteiger partial charge in [-0.1, -0.05) is 43.7 Å². The summed E-state index contributed by atoms with van der Waals surface area (Å²) in [5.41, 5.74) is 6.68. The number of aromatic nitrogens is 2. The van der Waals surface area contributed by atoms with Gasteiger partial charge in [-0.15, -0.1) is 0 Å². The summed E-state index contributed by atoms with van der Waals surface area (Å²) in [6, 6.07) is 20.1. The fraction of sp³-hybridized carbons (Fsp3) is 0.259. The van der Waals surface area contributed by atoms with Gasteiger partial charge in [-0.05, 0) is 73.2 Å². The highest BCUT2D eigenvalue weighted by Crippen LogP contribution is 2.31. The molecule has 1 N–H and O–H groups in total. The van der Waals surface area contributed by atoms with Crippen molar-refractivity contribution in [2.24, 2.45) is 0 Å². The van der Waals surface area contributed by atoms with E-state index in [2.05, 4.69) is 48.9 Å². The number of benzene rings is 2. The van der Waals surface area contributed by atoms with Gasteiger partial charge < -0.3 is 9.72 Å². The Hall–Kier alpha value is -3.40. The molecule has 0 aliphatic carbocycles. The van der Waals surface area contributed by atoms with E-state index in [0.29, 0.717) is 24.5 Å². The van der Waals surface area contributed by atoms with Gasteiger partial charge in [-0.25, -0.2) is 0 Å². The van der Waals surface area contributed by atoms with E-state index in [1.807, 2.05) is 42.5 Å². The quantitative estimate of drug-likeness (QED) is 0.275. The van der Waals surface area contributed by atoms with Gasteiger partial charge in [0.1, 0.15) is 5.75 Å². The fourth-order valence-corrected chi connectivity index (χ4v) is 3.86. The van der Waals surface area contributed by atoms with Crippen LogP contribution in [-0.2, 0) is 11.2 Å². The van der Waals surface area contributed by atoms with Crippen LogP contribution in [-0.4, -0.2) is 15.9 Å². The lowest BCUT2D eigenvalue weighted by molar-refractivity contribution is -0.134. The van der Waals surface area contributed by atoms with Crippen molar-refractivity contribution in [2.45, 2.75) is 46.0 Å². The first-order valence-corrected chi connectivity index (χ1v) is 10.8. The molecule has 0 saturated heterocycles. The molecule has 0 spiro atoms. The van der Waals surface area contributed by atoms with Crippen LogP contribution in [0.5, 0.6) is 5.75 Å². The number of esters is 1. The van der Waals surface area contributed by atoms with Crippen molar-refractivity contribution in [1.29, 1.82) is 0 Å². The molecular weight excluding hydrogens is 384 g/mol. The predicted octanol–water partition coefficient (Wildman–Crippen LogP) is 6.59. The van der Waals surface area contributed by atoms with Crippen molar-refractivity contribution in [3.05, 3.63) is 83.6 Å². The molecule has 4 rings (SSSR count). The van der Waals surface area contributed by atoms with Crippen molar-refractivity contribution in [1.82, 2.24) is 9.97 Å². The lowest BCUT2D eigenvalue weighted by Gasteiger charge is -2.08. The number of aromatic amines is 1. The number of nitrogens with one attached hydrogen (secondary N) is 1. The van der Waals surface area contributed by atoms with Gasteiger partial charge in [-0.3, -0.25) is 9.78 Å². The second-order valence-corrected chi connectivity index (χ2v) is 8.29. The summed E-state index contributed by atoms with van der Waals surface area (Å²) < 4.78 is 5.53. The van der Waals surface area contributed by atoms with E-state index in [4.69, 9.17) is 4.74 Å². The Morgan fingerprint density at radius 1 is 1.06 bits per heavy atom. The van der Waals surface area contributed by atoms with Crippen LogP contribution < -0.4 is 4.74 Å².